The van der Waals surface area contributed by atoms with Gasteiger partial charge >= 0.3 is 0 Å². The zero-order valence-corrected chi connectivity index (χ0v) is 14.1. The molecule has 1 unspecified atom stereocenters. The van der Waals surface area contributed by atoms with Crippen molar-refractivity contribution in [3.8, 4) is 0 Å². The molecule has 0 heterocycles. The van der Waals surface area contributed by atoms with Gasteiger partial charge in [0.1, 0.15) is 0 Å². The summed E-state index contributed by atoms with van der Waals surface area (Å²) in [5.41, 5.74) is 4.24. The predicted octanol–water partition coefficient (Wildman–Crippen LogP) is 5.02. The maximum Gasteiger partial charge on any atom is 0.0412 e. The van der Waals surface area contributed by atoms with Crippen LogP contribution >= 0.6 is 11.8 Å². The minimum Gasteiger partial charge on any atom is -0.309 e. The van der Waals surface area contributed by atoms with Crippen molar-refractivity contribution in [1.82, 2.24) is 5.32 Å². The summed E-state index contributed by atoms with van der Waals surface area (Å²) in [7, 11) is 0. The number of aryl methyl sites for hydroxylation is 2. The zero-order valence-electron chi connectivity index (χ0n) is 13.2. The minimum atomic E-state index is 0.513. The molecular formula is C18H29NS. The molecule has 1 atom stereocenters. The van der Waals surface area contributed by atoms with Crippen LogP contribution in [0.15, 0.2) is 18.2 Å². The first-order valence-electron chi connectivity index (χ1n) is 8.12. The molecule has 0 spiro atoms. The Balaban J connectivity index is 2.00. The van der Waals surface area contributed by atoms with E-state index in [1.54, 1.807) is 0 Å². The van der Waals surface area contributed by atoms with E-state index in [9.17, 15) is 0 Å². The van der Waals surface area contributed by atoms with Gasteiger partial charge in [0.2, 0.25) is 0 Å². The van der Waals surface area contributed by atoms with Crippen molar-refractivity contribution in [3.05, 3.63) is 34.9 Å². The van der Waals surface area contributed by atoms with Crippen LogP contribution in [0.2, 0.25) is 0 Å². The van der Waals surface area contributed by atoms with Gasteiger partial charge in [0, 0.05) is 17.0 Å². The van der Waals surface area contributed by atoms with Gasteiger partial charge in [-0.3, -0.25) is 0 Å². The Morgan fingerprint density at radius 3 is 2.40 bits per heavy atom. The third kappa shape index (κ3) is 4.82. The number of rotatable bonds is 7. The highest BCUT2D eigenvalue weighted by Crippen LogP contribution is 2.32. The second kappa shape index (κ2) is 8.09. The van der Waals surface area contributed by atoms with Gasteiger partial charge < -0.3 is 5.32 Å². The molecule has 1 nitrogen and oxygen atoms in total. The first kappa shape index (κ1) is 15.9. The van der Waals surface area contributed by atoms with Crippen molar-refractivity contribution in [2.45, 2.75) is 64.2 Å². The highest BCUT2D eigenvalue weighted by Gasteiger charge is 2.18. The average molecular weight is 292 g/mol. The number of thioether (sulfide) groups is 1. The number of benzene rings is 1. The summed E-state index contributed by atoms with van der Waals surface area (Å²) in [6, 6.07) is 7.49. The molecule has 0 bridgehead atoms. The van der Waals surface area contributed by atoms with Crippen molar-refractivity contribution in [3.63, 3.8) is 0 Å². The molecule has 0 radical (unpaired) electrons. The van der Waals surface area contributed by atoms with Crippen LogP contribution in [0, 0.1) is 13.8 Å². The Morgan fingerprint density at radius 2 is 1.80 bits per heavy atom. The van der Waals surface area contributed by atoms with Crippen LogP contribution in [0.3, 0.4) is 0 Å². The van der Waals surface area contributed by atoms with Crippen molar-refractivity contribution in [2.75, 3.05) is 12.3 Å². The van der Waals surface area contributed by atoms with Crippen molar-refractivity contribution in [2.24, 2.45) is 0 Å². The van der Waals surface area contributed by atoms with Crippen LogP contribution in [-0.4, -0.2) is 17.5 Å². The molecule has 1 aliphatic rings. The molecular weight excluding hydrogens is 262 g/mol. The molecule has 0 aromatic heterocycles. The molecule has 1 aliphatic carbocycles. The molecule has 1 aromatic rings. The van der Waals surface area contributed by atoms with Crippen LogP contribution in [0.5, 0.6) is 0 Å². The molecule has 1 fully saturated rings. The van der Waals surface area contributed by atoms with Gasteiger partial charge in [0.15, 0.2) is 0 Å². The SMILES string of the molecule is CCCNC(CSC1CCCC1)c1cc(C)cc(C)c1. The minimum absolute atomic E-state index is 0.513. The lowest BCUT2D eigenvalue weighted by atomic mass is 10.0. The van der Waals surface area contributed by atoms with Gasteiger partial charge in [-0.2, -0.15) is 11.8 Å². The van der Waals surface area contributed by atoms with E-state index in [1.807, 2.05) is 0 Å². The van der Waals surface area contributed by atoms with Crippen LogP contribution in [0.1, 0.15) is 61.8 Å². The fraction of sp³-hybridized carbons (Fsp3) is 0.667. The normalized spacial score (nSPS) is 17.6. The molecule has 1 saturated carbocycles. The number of hydrogen-bond acceptors (Lipinski definition) is 2. The highest BCUT2D eigenvalue weighted by molar-refractivity contribution is 7.99. The Labute approximate surface area is 128 Å². The van der Waals surface area contributed by atoms with Gasteiger partial charge in [-0.15, -0.1) is 0 Å². The van der Waals surface area contributed by atoms with Crippen LogP contribution in [0.4, 0.5) is 0 Å². The van der Waals surface area contributed by atoms with Crippen LogP contribution in [-0.2, 0) is 0 Å². The summed E-state index contributed by atoms with van der Waals surface area (Å²) in [5, 5.41) is 4.65. The molecule has 1 N–H and O–H groups in total. The molecule has 2 heteroatoms. The summed E-state index contributed by atoms with van der Waals surface area (Å²) >= 11 is 2.19. The molecule has 0 saturated heterocycles. The topological polar surface area (TPSA) is 12.0 Å². The lowest BCUT2D eigenvalue weighted by Gasteiger charge is -2.21. The first-order chi connectivity index (χ1) is 9.69. The lowest BCUT2D eigenvalue weighted by molar-refractivity contribution is 0.576. The molecule has 112 valence electrons. The van der Waals surface area contributed by atoms with Gasteiger partial charge in [-0.25, -0.2) is 0 Å². The summed E-state index contributed by atoms with van der Waals surface area (Å²) in [6.45, 7) is 7.77. The van der Waals surface area contributed by atoms with Crippen molar-refractivity contribution >= 4 is 11.8 Å². The maximum absolute atomic E-state index is 3.74. The Bertz CT molecular complexity index is 390. The second-order valence-electron chi connectivity index (χ2n) is 6.17. The number of nitrogens with one attached hydrogen (secondary N) is 1. The summed E-state index contributed by atoms with van der Waals surface area (Å²) in [5.74, 6) is 1.22. The van der Waals surface area contributed by atoms with Crippen LogP contribution in [0.25, 0.3) is 0 Å². The van der Waals surface area contributed by atoms with Gasteiger partial charge in [0.25, 0.3) is 0 Å². The smallest absolute Gasteiger partial charge is 0.0412 e. The van der Waals surface area contributed by atoms with E-state index in [1.165, 1.54) is 54.5 Å². The maximum atomic E-state index is 3.74. The average Bonchev–Trinajstić information content (AvgIpc) is 2.91. The van der Waals surface area contributed by atoms with E-state index in [2.05, 4.69) is 56.0 Å². The van der Waals surface area contributed by atoms with Gasteiger partial charge in [-0.05, 0) is 45.2 Å². The second-order valence-corrected chi connectivity index (χ2v) is 7.50. The molecule has 1 aromatic carbocycles. The van der Waals surface area contributed by atoms with Crippen LogP contribution < -0.4 is 5.32 Å². The molecule has 0 amide bonds. The van der Waals surface area contributed by atoms with Crippen molar-refractivity contribution in [1.29, 1.82) is 0 Å². The molecule has 2 rings (SSSR count). The highest BCUT2D eigenvalue weighted by atomic mass is 32.2. The number of hydrogen-bond donors (Lipinski definition) is 1. The largest absolute Gasteiger partial charge is 0.309 e. The quantitative estimate of drug-likeness (QED) is 0.757. The third-order valence-corrected chi connectivity index (χ3v) is 5.56. The monoisotopic (exact) mass is 291 g/mol. The fourth-order valence-electron chi connectivity index (χ4n) is 3.09. The van der Waals surface area contributed by atoms with E-state index in [4.69, 9.17) is 0 Å². The summed E-state index contributed by atoms with van der Waals surface area (Å²) in [4.78, 5) is 0. The standard InChI is InChI=1S/C18H29NS/c1-4-9-19-18(13-20-17-7-5-6-8-17)16-11-14(2)10-15(3)12-16/h10-12,17-19H,4-9,13H2,1-3H3. The summed E-state index contributed by atoms with van der Waals surface area (Å²) in [6.07, 6.45) is 6.94. The van der Waals surface area contributed by atoms with Crippen molar-refractivity contribution < 1.29 is 0 Å². The lowest BCUT2D eigenvalue weighted by Crippen LogP contribution is -2.25. The summed E-state index contributed by atoms with van der Waals surface area (Å²) < 4.78 is 0. The Hall–Kier alpha value is -0.470. The van der Waals surface area contributed by atoms with E-state index < -0.39 is 0 Å². The fourth-order valence-corrected chi connectivity index (χ4v) is 4.53. The van der Waals surface area contributed by atoms with E-state index >= 15 is 0 Å². The van der Waals surface area contributed by atoms with E-state index in [0.29, 0.717) is 6.04 Å². The van der Waals surface area contributed by atoms with Gasteiger partial charge in [-0.1, -0.05) is 49.1 Å². The van der Waals surface area contributed by atoms with Gasteiger partial charge in [0.05, 0.1) is 0 Å². The molecule has 20 heavy (non-hydrogen) atoms. The predicted molar refractivity (Wildman–Crippen MR) is 91.7 cm³/mol. The molecule has 0 aliphatic heterocycles. The Kier molecular flexibility index (Phi) is 6.44. The van der Waals surface area contributed by atoms with E-state index in [0.717, 1.165) is 11.8 Å². The Morgan fingerprint density at radius 1 is 1.15 bits per heavy atom. The zero-order chi connectivity index (χ0) is 14.4. The first-order valence-corrected chi connectivity index (χ1v) is 9.17. The van der Waals surface area contributed by atoms with E-state index in [-0.39, 0.29) is 0 Å². The third-order valence-electron chi connectivity index (χ3n) is 4.09.